The van der Waals surface area contributed by atoms with Crippen molar-refractivity contribution < 1.29 is 223 Å². The van der Waals surface area contributed by atoms with Crippen molar-refractivity contribution in [2.45, 2.75) is 0 Å². The minimum absolute atomic E-state index is 0. The molecule has 14 radical (unpaired) electrons. The summed E-state index contributed by atoms with van der Waals surface area (Å²) in [5.74, 6) is 0. The molecule has 6 atom stereocenters. The molecule has 0 amide bonds. The molecule has 0 heterocycles. The quantitative estimate of drug-likeness (QED) is 0.0639. The molecule has 0 saturated carbocycles. The van der Waals surface area contributed by atoms with Crippen LogP contribution in [0.5, 0.6) is 0 Å². The molecule has 0 fully saturated rings. The fourth-order valence-corrected chi connectivity index (χ4v) is 16.8. The number of hydrogen-bond donors (Lipinski definition) is 0. The van der Waals surface area contributed by atoms with E-state index in [-0.39, 0.29) is 171 Å². The molecule has 0 aliphatic carbocycles. The summed E-state index contributed by atoms with van der Waals surface area (Å²) in [6, 6.07) is 0. The van der Waals surface area contributed by atoms with Crippen LogP contribution in [0.25, 0.3) is 0 Å². The van der Waals surface area contributed by atoms with Crippen LogP contribution in [0, 0.1) is 0 Å². The molecule has 0 aromatic carbocycles. The summed E-state index contributed by atoms with van der Waals surface area (Å²) in [6.07, 6.45) is 0. The Morgan fingerprint density at radius 3 is 0.257 bits per heavy atom. The summed E-state index contributed by atoms with van der Waals surface area (Å²) in [5, 5.41) is 0. The van der Waals surface area contributed by atoms with Gasteiger partial charge in [-0.25, -0.2) is 25.9 Å². The fourth-order valence-electron chi connectivity index (χ4n) is 1.60. The molecule has 0 aromatic heterocycles. The van der Waals surface area contributed by atoms with Crippen molar-refractivity contribution in [3.05, 3.63) is 0 Å². The third-order valence-corrected chi connectivity index (χ3v) is 21.6. The van der Waals surface area contributed by atoms with Gasteiger partial charge < -0.3 is 130 Å². The van der Waals surface area contributed by atoms with E-state index in [1.807, 2.05) is 0 Å². The second kappa shape index (κ2) is 36.6. The molecular weight excluding hydrogens is 2080 g/mol. The van der Waals surface area contributed by atoms with Gasteiger partial charge in [0.1, 0.15) is 0 Å². The van der Waals surface area contributed by atoms with Gasteiger partial charge >= 0.3 is 171 Å². The van der Waals surface area contributed by atoms with Crippen molar-refractivity contribution >= 4 is 288 Å². The van der Waals surface area contributed by atoms with Crippen LogP contribution in [0.4, 0.5) is 0 Å². The van der Waals surface area contributed by atoms with Crippen molar-refractivity contribution in [2.24, 2.45) is 0 Å². The topological polar surface area (TPSA) is 851 Å². The predicted molar refractivity (Wildman–Crippen MR) is 167 cm³/mol. The average molecular weight is 2080 g/mol. The summed E-state index contributed by atoms with van der Waals surface area (Å²) in [4.78, 5) is 215. The van der Waals surface area contributed by atoms with Gasteiger partial charge in [-0.1, -0.05) is 0 Å². The molecule has 398 valence electrons. The fraction of sp³-hybridized carbons (Fsp3) is 0. The molecule has 0 aromatic rings. The van der Waals surface area contributed by atoms with E-state index in [2.05, 4.69) is 51.7 Å². The molecular formula is O48P15Sb7. The molecule has 0 N–H and O–H groups in total. The van der Waals surface area contributed by atoms with E-state index in [1.165, 1.54) is 0 Å². The van der Waals surface area contributed by atoms with Gasteiger partial charge in [-0.15, -0.1) is 0 Å². The first kappa shape index (κ1) is 99.9. The van der Waals surface area contributed by atoms with Gasteiger partial charge in [0.2, 0.25) is 0 Å². The Bertz CT molecular complexity index is 1930. The molecule has 6 unspecified atom stereocenters. The molecule has 70 heavy (non-hydrogen) atoms. The van der Waals surface area contributed by atoms with Crippen LogP contribution in [0.15, 0.2) is 0 Å². The number of phosphoric acid groups is 15. The molecule has 0 spiro atoms. The van der Waals surface area contributed by atoms with Crippen molar-refractivity contribution in [2.75, 3.05) is 0 Å². The van der Waals surface area contributed by atoms with Gasteiger partial charge in [-0.2, -0.15) is 0 Å². The minimum atomic E-state index is -6.56. The number of hydrogen-bond acceptors (Lipinski definition) is 48. The van der Waals surface area contributed by atoms with Crippen molar-refractivity contribution in [3.8, 4) is 0 Å². The van der Waals surface area contributed by atoms with E-state index in [1.54, 1.807) is 0 Å². The molecule has 0 rings (SSSR count). The first-order valence-electron chi connectivity index (χ1n) is 11.0. The Labute approximate surface area is 505 Å². The molecule has 0 saturated heterocycles. The average Bonchev–Trinajstić information content (AvgIpc) is 2.68. The van der Waals surface area contributed by atoms with E-state index >= 15 is 0 Å². The molecule has 48 nitrogen and oxygen atoms in total. The maximum Gasteiger partial charge on any atom is 3.00 e. The van der Waals surface area contributed by atoms with Gasteiger partial charge in [0.25, 0.3) is 70.4 Å². The largest absolute Gasteiger partial charge is 3.00 e. The Balaban J connectivity index is -0.0000000918. The molecule has 70 heteroatoms. The monoisotopic (exact) mass is 2080 g/mol. The molecule has 0 bridgehead atoms. The second-order valence-electron chi connectivity index (χ2n) is 7.69. The number of rotatable bonds is 24. The smallest absolute Gasteiger partial charge is 0.790 e. The van der Waals surface area contributed by atoms with Gasteiger partial charge in [0.15, 0.2) is 0 Å². The SMILES string of the molecule is O=P([O-])([O-])OP(=O)([O-])OP(=O)([O-])OP(=O)([O-])OP(=O)([O-])[O-].O=P([O-])([O-])OP(=O)([O-])OP(=O)([O-])OP(=O)([O-])OP(=O)([O-])[O-].O=P([O-])([O-])OP(=O)([O-])OP(=O)([O-])OP(=O)([O-])OP(=O)([O-])[O-].[Sb+3].[Sb+3].[Sb+3].[Sb+3].[Sb+3].[Sb+3].[Sb+3]. The maximum atomic E-state index is 10.7. The Morgan fingerprint density at radius 2 is 0.200 bits per heavy atom. The Kier molecular flexibility index (Phi) is 52.3. The van der Waals surface area contributed by atoms with E-state index < -0.39 is 117 Å². The van der Waals surface area contributed by atoms with Gasteiger partial charge in [-0.3, -0.25) is 66.9 Å². The first-order valence-corrected chi connectivity index (χ1v) is 32.9. The summed E-state index contributed by atoms with van der Waals surface area (Å²) in [6.45, 7) is 0. The zero-order valence-electron chi connectivity index (χ0n) is 29.4. The van der Waals surface area contributed by atoms with Gasteiger partial charge in [0.05, 0.1) is 46.9 Å². The molecule has 0 aliphatic rings. The maximum absolute atomic E-state index is 10.7. The third-order valence-electron chi connectivity index (χ3n) is 2.40. The van der Waals surface area contributed by atoms with Gasteiger partial charge in [-0.05, 0) is 0 Å². The zero-order chi connectivity index (χ0) is 52.0. The summed E-state index contributed by atoms with van der Waals surface area (Å²) in [7, 11) is -96.2. The van der Waals surface area contributed by atoms with Crippen molar-refractivity contribution in [1.29, 1.82) is 0 Å². The van der Waals surface area contributed by atoms with E-state index in [4.69, 9.17) is 0 Å². The van der Waals surface area contributed by atoms with Crippen LogP contribution in [-0.4, -0.2) is 171 Å². The van der Waals surface area contributed by atoms with Crippen LogP contribution in [0.1, 0.15) is 0 Å². The van der Waals surface area contributed by atoms with Gasteiger partial charge in [0, 0.05) is 0 Å². The van der Waals surface area contributed by atoms with E-state index in [0.717, 1.165) is 0 Å². The van der Waals surface area contributed by atoms with E-state index in [0.29, 0.717) is 0 Å². The zero-order valence-corrected chi connectivity index (χ0v) is 60.7. The summed E-state index contributed by atoms with van der Waals surface area (Å²) in [5.41, 5.74) is 0. The Morgan fingerprint density at radius 1 is 0.143 bits per heavy atom. The first-order chi connectivity index (χ1) is 26.5. The third kappa shape index (κ3) is 66.7. The summed E-state index contributed by atoms with van der Waals surface area (Å²) >= 11 is 0. The van der Waals surface area contributed by atoms with Crippen molar-refractivity contribution in [1.82, 2.24) is 0 Å². The van der Waals surface area contributed by atoms with Crippen LogP contribution < -0.4 is 103 Å². The normalized spacial score (nSPS) is 19.8. The van der Waals surface area contributed by atoms with Crippen molar-refractivity contribution in [3.63, 3.8) is 0 Å². The van der Waals surface area contributed by atoms with E-state index in [9.17, 15) is 171 Å². The predicted octanol–water partition coefficient (Wildman–Crippen LogP) is -17.3. The van der Waals surface area contributed by atoms with Crippen LogP contribution in [-0.2, 0) is 120 Å². The second-order valence-corrected chi connectivity index (χ2v) is 28.9. The van der Waals surface area contributed by atoms with Crippen LogP contribution in [0.2, 0.25) is 0 Å². The minimum Gasteiger partial charge on any atom is -0.790 e. The summed E-state index contributed by atoms with van der Waals surface area (Å²) < 4.78 is 188. The van der Waals surface area contributed by atoms with Crippen LogP contribution >= 0.6 is 117 Å². The standard InChI is InChI=1S/3H7O16P5.7Sb/c3*1-17(2,3)13-19(7,8)15-21(11,12)16-20(9,10)14-18(4,5)6;;;;;;;/h3*(H,7,8)(H,9,10)(H,11,12)(H2,1,2,3)(H2,4,5,6);;;;;;;/q;;;7*+3/p-21. The van der Waals surface area contributed by atoms with Crippen LogP contribution in [0.3, 0.4) is 0 Å². The molecule has 0 aliphatic heterocycles. The Hall–Kier alpha value is 7.86.